The van der Waals surface area contributed by atoms with Gasteiger partial charge in [0.1, 0.15) is 36.4 Å². The molecule has 0 saturated heterocycles. The van der Waals surface area contributed by atoms with Crippen LogP contribution in [0.2, 0.25) is 0 Å². The van der Waals surface area contributed by atoms with Gasteiger partial charge >= 0.3 is 12.1 Å². The molecular formula is C29H28F3NO10. The number of carbonyl (C=O) groups excluding carboxylic acids is 5. The number of ketones is 4. The van der Waals surface area contributed by atoms with Crippen LogP contribution in [-0.4, -0.2) is 72.0 Å². The van der Waals surface area contributed by atoms with Gasteiger partial charge in [-0.15, -0.1) is 0 Å². The summed E-state index contributed by atoms with van der Waals surface area (Å²) in [6.45, 7) is 1.32. The minimum absolute atomic E-state index is 0.0211. The average molecular weight is 608 g/mol. The summed E-state index contributed by atoms with van der Waals surface area (Å²) in [7, 11) is 1.30. The Kier molecular flexibility index (Phi) is 8.92. The molecule has 0 fully saturated rings. The van der Waals surface area contributed by atoms with E-state index in [1.54, 1.807) is 5.32 Å². The predicted octanol–water partition coefficient (Wildman–Crippen LogP) is 3.09. The first-order valence-corrected chi connectivity index (χ1v) is 13.2. The van der Waals surface area contributed by atoms with Crippen LogP contribution in [0.1, 0.15) is 75.8 Å². The molecular weight excluding hydrogens is 579 g/mol. The number of aromatic hydroxyl groups is 2. The fourth-order valence-corrected chi connectivity index (χ4v) is 5.36. The standard InChI is InChI=1S/C29H28F3NO10/c1-4-16(33-28(40)29(30,31)32)17(35)10-42-11-43-19-9-13(12(2)34)8-15-21(19)27(39)23-22(25(15)37)24(36)14-6-5-7-18(41-3)20(14)26(23)38/h5-7,13,16,19,37,39H,4,8-11H2,1-3H3,(H,33,40)/t13?,16?,19-/m0/s1. The van der Waals surface area contributed by atoms with Crippen LogP contribution in [-0.2, 0) is 30.3 Å². The molecule has 0 saturated carbocycles. The van der Waals surface area contributed by atoms with Crippen LogP contribution < -0.4 is 10.1 Å². The van der Waals surface area contributed by atoms with E-state index in [9.17, 15) is 47.4 Å². The summed E-state index contributed by atoms with van der Waals surface area (Å²) in [5.41, 5.74) is -1.04. The molecule has 2 aromatic carbocycles. The largest absolute Gasteiger partial charge is 0.507 e. The minimum atomic E-state index is -5.18. The van der Waals surface area contributed by atoms with E-state index in [0.717, 1.165) is 0 Å². The van der Waals surface area contributed by atoms with Crippen LogP contribution in [0.3, 0.4) is 0 Å². The molecule has 0 heterocycles. The maximum atomic E-state index is 13.6. The fourth-order valence-electron chi connectivity index (χ4n) is 5.36. The number of halogens is 3. The van der Waals surface area contributed by atoms with Crippen LogP contribution in [0.5, 0.6) is 17.2 Å². The Hall–Kier alpha value is -4.30. The molecule has 0 aromatic heterocycles. The Balaban J connectivity index is 1.62. The van der Waals surface area contributed by atoms with Gasteiger partial charge in [0.25, 0.3) is 0 Å². The number of phenolic OH excluding ortho intramolecular Hbond substituents is 2. The number of methoxy groups -OCH3 is 1. The van der Waals surface area contributed by atoms with Crippen LogP contribution in [0.25, 0.3) is 0 Å². The van der Waals surface area contributed by atoms with Gasteiger partial charge in [0.2, 0.25) is 5.78 Å². The number of amides is 1. The highest BCUT2D eigenvalue weighted by Crippen LogP contribution is 2.51. The highest BCUT2D eigenvalue weighted by Gasteiger charge is 2.44. The van der Waals surface area contributed by atoms with Crippen molar-refractivity contribution in [2.45, 2.75) is 51.4 Å². The number of phenols is 2. The normalized spacial score (nSPS) is 18.3. The molecule has 2 aliphatic rings. The maximum Gasteiger partial charge on any atom is 0.471 e. The molecule has 0 aliphatic heterocycles. The third-order valence-corrected chi connectivity index (χ3v) is 7.56. The molecule has 3 atom stereocenters. The lowest BCUT2D eigenvalue weighted by Crippen LogP contribution is -2.47. The highest BCUT2D eigenvalue weighted by atomic mass is 19.4. The highest BCUT2D eigenvalue weighted by molar-refractivity contribution is 6.31. The van der Waals surface area contributed by atoms with E-state index in [4.69, 9.17) is 14.2 Å². The maximum absolute atomic E-state index is 13.6. The van der Waals surface area contributed by atoms with Crippen molar-refractivity contribution in [3.63, 3.8) is 0 Å². The van der Waals surface area contributed by atoms with E-state index < -0.39 is 83.5 Å². The summed E-state index contributed by atoms with van der Waals surface area (Å²) in [6.07, 6.45) is -6.56. The molecule has 0 spiro atoms. The Morgan fingerprint density at radius 3 is 2.35 bits per heavy atom. The molecule has 4 rings (SSSR count). The summed E-state index contributed by atoms with van der Waals surface area (Å²) >= 11 is 0. The zero-order valence-corrected chi connectivity index (χ0v) is 23.3. The van der Waals surface area contributed by atoms with Crippen molar-refractivity contribution in [3.05, 3.63) is 51.6 Å². The van der Waals surface area contributed by atoms with E-state index >= 15 is 0 Å². The monoisotopic (exact) mass is 607 g/mol. The Labute approximate surface area is 242 Å². The third-order valence-electron chi connectivity index (χ3n) is 7.56. The molecule has 2 aliphatic carbocycles. The smallest absolute Gasteiger partial charge is 0.471 e. The summed E-state index contributed by atoms with van der Waals surface area (Å²) in [5.74, 6) is -6.78. The van der Waals surface area contributed by atoms with E-state index in [2.05, 4.69) is 0 Å². The van der Waals surface area contributed by atoms with Gasteiger partial charge in [-0.05, 0) is 32.3 Å². The van der Waals surface area contributed by atoms with Crippen molar-refractivity contribution >= 4 is 29.0 Å². The topological polar surface area (TPSA) is 166 Å². The van der Waals surface area contributed by atoms with Crippen LogP contribution in [0, 0.1) is 5.92 Å². The number of hydrogen-bond acceptors (Lipinski definition) is 10. The fraction of sp³-hybridized carbons (Fsp3) is 0.414. The summed E-state index contributed by atoms with van der Waals surface area (Å²) < 4.78 is 53.8. The predicted molar refractivity (Wildman–Crippen MR) is 140 cm³/mol. The van der Waals surface area contributed by atoms with E-state index in [-0.39, 0.29) is 53.0 Å². The summed E-state index contributed by atoms with van der Waals surface area (Å²) in [6, 6.07) is 2.88. The molecule has 2 aromatic rings. The van der Waals surface area contributed by atoms with Gasteiger partial charge in [-0.2, -0.15) is 13.2 Å². The molecule has 43 heavy (non-hydrogen) atoms. The van der Waals surface area contributed by atoms with E-state index in [1.807, 2.05) is 0 Å². The number of nitrogens with one attached hydrogen (secondary N) is 1. The van der Waals surface area contributed by atoms with Gasteiger partial charge in [-0.1, -0.05) is 19.1 Å². The van der Waals surface area contributed by atoms with Crippen molar-refractivity contribution < 1.29 is 61.6 Å². The Bertz CT molecular complexity index is 1520. The third kappa shape index (κ3) is 5.84. The Morgan fingerprint density at radius 2 is 1.74 bits per heavy atom. The van der Waals surface area contributed by atoms with Crippen molar-refractivity contribution in [1.29, 1.82) is 0 Å². The van der Waals surface area contributed by atoms with Gasteiger partial charge in [-0.25, -0.2) is 0 Å². The number of fused-ring (bicyclic) bond motifs is 3. The zero-order valence-electron chi connectivity index (χ0n) is 23.3. The molecule has 0 radical (unpaired) electrons. The van der Waals surface area contributed by atoms with Crippen molar-refractivity contribution in [2.24, 2.45) is 5.92 Å². The molecule has 11 nitrogen and oxygen atoms in total. The number of Topliss-reactive ketones (excluding diaryl/α,β-unsaturated/α-hetero) is 2. The average Bonchev–Trinajstić information content (AvgIpc) is 2.96. The quantitative estimate of drug-likeness (QED) is 0.177. The second-order valence-corrected chi connectivity index (χ2v) is 10.1. The minimum Gasteiger partial charge on any atom is -0.507 e. The number of ether oxygens (including phenoxy) is 3. The van der Waals surface area contributed by atoms with Crippen LogP contribution in [0.4, 0.5) is 13.2 Å². The van der Waals surface area contributed by atoms with Crippen molar-refractivity contribution in [1.82, 2.24) is 5.32 Å². The van der Waals surface area contributed by atoms with Gasteiger partial charge in [0, 0.05) is 22.6 Å². The second-order valence-electron chi connectivity index (χ2n) is 10.1. The first kappa shape index (κ1) is 31.6. The van der Waals surface area contributed by atoms with Gasteiger partial charge < -0.3 is 29.7 Å². The number of rotatable bonds is 10. The summed E-state index contributed by atoms with van der Waals surface area (Å²) in [5, 5.41) is 24.2. The lowest BCUT2D eigenvalue weighted by Gasteiger charge is -2.33. The zero-order chi connectivity index (χ0) is 31.8. The molecule has 1 amide bonds. The number of benzene rings is 2. The molecule has 3 N–H and O–H groups in total. The van der Waals surface area contributed by atoms with Crippen molar-refractivity contribution in [3.8, 4) is 17.2 Å². The lowest BCUT2D eigenvalue weighted by atomic mass is 9.74. The SMILES string of the molecule is CCC(NC(=O)C(F)(F)F)C(=O)COCO[C@H]1CC(C(C)=O)Cc2c(O)c3c(c(O)c21)C(=O)c1c(OC)cccc1C3=O. The number of carbonyl (C=O) groups is 5. The molecule has 14 heteroatoms. The molecule has 2 unspecified atom stereocenters. The summed E-state index contributed by atoms with van der Waals surface area (Å²) in [4.78, 5) is 62.9. The first-order valence-electron chi connectivity index (χ1n) is 13.2. The van der Waals surface area contributed by atoms with Crippen LogP contribution in [0.15, 0.2) is 18.2 Å². The second kappa shape index (κ2) is 12.1. The Morgan fingerprint density at radius 1 is 1.07 bits per heavy atom. The van der Waals surface area contributed by atoms with Gasteiger partial charge in [-0.3, -0.25) is 24.0 Å². The van der Waals surface area contributed by atoms with Gasteiger partial charge in [0.15, 0.2) is 11.6 Å². The number of alkyl halides is 3. The van der Waals surface area contributed by atoms with E-state index in [0.29, 0.717) is 0 Å². The van der Waals surface area contributed by atoms with Crippen molar-refractivity contribution in [2.75, 3.05) is 20.5 Å². The lowest BCUT2D eigenvalue weighted by molar-refractivity contribution is -0.175. The van der Waals surface area contributed by atoms with Crippen LogP contribution >= 0.6 is 0 Å². The molecule has 230 valence electrons. The molecule has 0 bridgehead atoms. The first-order chi connectivity index (χ1) is 20.2. The van der Waals surface area contributed by atoms with Gasteiger partial charge in [0.05, 0.1) is 35.9 Å². The number of hydrogen-bond donors (Lipinski definition) is 3. The van der Waals surface area contributed by atoms with E-state index in [1.165, 1.54) is 39.2 Å².